The number of hydrogen-bond donors (Lipinski definition) is 1. The molecular weight excluding hydrogens is 170 g/mol. The lowest BCUT2D eigenvalue weighted by atomic mass is 9.97. The van der Waals surface area contributed by atoms with Crippen molar-refractivity contribution in [2.24, 2.45) is 0 Å². The van der Waals surface area contributed by atoms with Crippen LogP contribution in [0.3, 0.4) is 0 Å². The maximum Gasteiger partial charge on any atom is 0.0453 e. The zero-order valence-corrected chi connectivity index (χ0v) is 7.86. The second kappa shape index (κ2) is 3.08. The summed E-state index contributed by atoms with van der Waals surface area (Å²) in [6.07, 6.45) is 1.09. The van der Waals surface area contributed by atoms with Gasteiger partial charge in [0.05, 0.1) is 0 Å². The third-order valence-electron chi connectivity index (χ3n) is 2.37. The van der Waals surface area contributed by atoms with Crippen molar-refractivity contribution in [2.75, 3.05) is 0 Å². The van der Waals surface area contributed by atoms with Crippen molar-refractivity contribution in [3.05, 3.63) is 34.3 Å². The monoisotopic (exact) mass is 181 g/mol. The summed E-state index contributed by atoms with van der Waals surface area (Å²) in [5.41, 5.74) is 2.67. The summed E-state index contributed by atoms with van der Waals surface area (Å²) in [5.74, 6) is 0. The summed E-state index contributed by atoms with van der Waals surface area (Å²) in [6, 6.07) is 6.73. The fraction of sp³-hybridized carbons (Fsp3) is 0.400. The van der Waals surface area contributed by atoms with E-state index in [0.717, 1.165) is 18.0 Å². The Morgan fingerprint density at radius 1 is 1.50 bits per heavy atom. The Morgan fingerprint density at radius 3 is 3.17 bits per heavy atom. The van der Waals surface area contributed by atoms with Gasteiger partial charge in [-0.15, -0.1) is 0 Å². The SMILES string of the molecule is CC1Cc2cccc(Cl)c2CN1. The van der Waals surface area contributed by atoms with Crippen LogP contribution in [0.4, 0.5) is 0 Å². The van der Waals surface area contributed by atoms with E-state index in [1.807, 2.05) is 12.1 Å². The highest BCUT2D eigenvalue weighted by molar-refractivity contribution is 6.31. The van der Waals surface area contributed by atoms with Gasteiger partial charge in [-0.3, -0.25) is 0 Å². The maximum atomic E-state index is 6.05. The van der Waals surface area contributed by atoms with Crippen LogP contribution in [-0.4, -0.2) is 6.04 Å². The molecule has 0 saturated heterocycles. The van der Waals surface area contributed by atoms with Gasteiger partial charge in [-0.1, -0.05) is 23.7 Å². The Labute approximate surface area is 77.7 Å². The molecule has 1 aliphatic heterocycles. The molecule has 1 aliphatic rings. The Balaban J connectivity index is 2.42. The van der Waals surface area contributed by atoms with Crippen molar-refractivity contribution >= 4 is 11.6 Å². The molecular formula is C10H12ClN. The molecule has 0 amide bonds. The molecule has 12 heavy (non-hydrogen) atoms. The lowest BCUT2D eigenvalue weighted by Gasteiger charge is -2.23. The van der Waals surface area contributed by atoms with Gasteiger partial charge in [-0.2, -0.15) is 0 Å². The lowest BCUT2D eigenvalue weighted by Crippen LogP contribution is -2.32. The second-order valence-electron chi connectivity index (χ2n) is 3.36. The van der Waals surface area contributed by atoms with Crippen molar-refractivity contribution in [3.8, 4) is 0 Å². The predicted molar refractivity (Wildman–Crippen MR) is 51.5 cm³/mol. The molecule has 0 aromatic heterocycles. The van der Waals surface area contributed by atoms with Crippen molar-refractivity contribution in [1.29, 1.82) is 0 Å². The minimum Gasteiger partial charge on any atom is -0.310 e. The smallest absolute Gasteiger partial charge is 0.0453 e. The Hall–Kier alpha value is -0.530. The highest BCUT2D eigenvalue weighted by Gasteiger charge is 2.15. The summed E-state index contributed by atoms with van der Waals surface area (Å²) in [7, 11) is 0. The summed E-state index contributed by atoms with van der Waals surface area (Å²) in [4.78, 5) is 0. The van der Waals surface area contributed by atoms with Gasteiger partial charge >= 0.3 is 0 Å². The first-order valence-electron chi connectivity index (χ1n) is 4.27. The van der Waals surface area contributed by atoms with E-state index >= 15 is 0 Å². The summed E-state index contributed by atoms with van der Waals surface area (Å²) >= 11 is 6.05. The van der Waals surface area contributed by atoms with E-state index in [2.05, 4.69) is 18.3 Å². The molecule has 0 bridgehead atoms. The van der Waals surface area contributed by atoms with Crippen LogP contribution in [-0.2, 0) is 13.0 Å². The zero-order valence-electron chi connectivity index (χ0n) is 7.10. The molecule has 0 saturated carbocycles. The highest BCUT2D eigenvalue weighted by atomic mass is 35.5. The fourth-order valence-corrected chi connectivity index (χ4v) is 1.93. The van der Waals surface area contributed by atoms with Crippen LogP contribution in [0.15, 0.2) is 18.2 Å². The molecule has 2 heteroatoms. The van der Waals surface area contributed by atoms with Gasteiger partial charge in [0.15, 0.2) is 0 Å². The van der Waals surface area contributed by atoms with E-state index in [-0.39, 0.29) is 0 Å². The molecule has 0 aliphatic carbocycles. The second-order valence-corrected chi connectivity index (χ2v) is 3.77. The van der Waals surface area contributed by atoms with E-state index in [1.165, 1.54) is 11.1 Å². The quantitative estimate of drug-likeness (QED) is 0.648. The molecule has 1 heterocycles. The van der Waals surface area contributed by atoms with E-state index < -0.39 is 0 Å². The van der Waals surface area contributed by atoms with Gasteiger partial charge in [0.1, 0.15) is 0 Å². The van der Waals surface area contributed by atoms with Crippen molar-refractivity contribution in [3.63, 3.8) is 0 Å². The van der Waals surface area contributed by atoms with Gasteiger partial charge in [0, 0.05) is 17.6 Å². The van der Waals surface area contributed by atoms with Gasteiger partial charge in [-0.25, -0.2) is 0 Å². The molecule has 0 spiro atoms. The molecule has 1 aromatic carbocycles. The van der Waals surface area contributed by atoms with E-state index in [9.17, 15) is 0 Å². The topological polar surface area (TPSA) is 12.0 Å². The minimum absolute atomic E-state index is 0.580. The summed E-state index contributed by atoms with van der Waals surface area (Å²) in [5, 5.41) is 4.29. The van der Waals surface area contributed by atoms with Crippen molar-refractivity contribution in [2.45, 2.75) is 25.9 Å². The Morgan fingerprint density at radius 2 is 2.33 bits per heavy atom. The average Bonchev–Trinajstić information content (AvgIpc) is 2.04. The first-order valence-corrected chi connectivity index (χ1v) is 4.65. The minimum atomic E-state index is 0.580. The molecule has 0 fully saturated rings. The normalized spacial score (nSPS) is 22.0. The Kier molecular flexibility index (Phi) is 2.07. The van der Waals surface area contributed by atoms with Crippen LogP contribution >= 0.6 is 11.6 Å². The number of benzene rings is 1. The first-order chi connectivity index (χ1) is 5.77. The van der Waals surface area contributed by atoms with Crippen LogP contribution in [0.25, 0.3) is 0 Å². The Bertz CT molecular complexity index is 296. The van der Waals surface area contributed by atoms with Gasteiger partial charge in [-0.05, 0) is 30.5 Å². The fourth-order valence-electron chi connectivity index (χ4n) is 1.67. The van der Waals surface area contributed by atoms with Gasteiger partial charge in [0.2, 0.25) is 0 Å². The zero-order chi connectivity index (χ0) is 8.55. The van der Waals surface area contributed by atoms with E-state index in [1.54, 1.807) is 0 Å². The molecule has 1 atom stereocenters. The largest absolute Gasteiger partial charge is 0.310 e. The van der Waals surface area contributed by atoms with Crippen molar-refractivity contribution in [1.82, 2.24) is 5.32 Å². The predicted octanol–water partition coefficient (Wildman–Crippen LogP) is 2.37. The molecule has 0 radical (unpaired) electrons. The van der Waals surface area contributed by atoms with E-state index in [0.29, 0.717) is 6.04 Å². The number of nitrogens with one attached hydrogen (secondary N) is 1. The number of halogens is 1. The summed E-state index contributed by atoms with van der Waals surface area (Å²) < 4.78 is 0. The van der Waals surface area contributed by atoms with Crippen LogP contribution < -0.4 is 5.32 Å². The van der Waals surface area contributed by atoms with Crippen LogP contribution in [0, 0.1) is 0 Å². The maximum absolute atomic E-state index is 6.05. The first kappa shape index (κ1) is 8.09. The number of hydrogen-bond acceptors (Lipinski definition) is 1. The third kappa shape index (κ3) is 1.35. The molecule has 64 valence electrons. The van der Waals surface area contributed by atoms with Crippen molar-refractivity contribution < 1.29 is 0 Å². The third-order valence-corrected chi connectivity index (χ3v) is 2.72. The van der Waals surface area contributed by atoms with E-state index in [4.69, 9.17) is 11.6 Å². The van der Waals surface area contributed by atoms with Crippen LogP contribution in [0.2, 0.25) is 5.02 Å². The number of rotatable bonds is 0. The molecule has 1 unspecified atom stereocenters. The number of fused-ring (bicyclic) bond motifs is 1. The molecule has 1 N–H and O–H groups in total. The molecule has 1 aromatic rings. The standard InChI is InChI=1S/C10H12ClN/c1-7-5-8-3-2-4-10(11)9(8)6-12-7/h2-4,7,12H,5-6H2,1H3. The van der Waals surface area contributed by atoms with Crippen LogP contribution in [0.5, 0.6) is 0 Å². The molecule has 2 rings (SSSR count). The molecule has 1 nitrogen and oxygen atoms in total. The lowest BCUT2D eigenvalue weighted by molar-refractivity contribution is 0.514. The highest BCUT2D eigenvalue weighted by Crippen LogP contribution is 2.23. The summed E-state index contributed by atoms with van der Waals surface area (Å²) in [6.45, 7) is 3.11. The van der Waals surface area contributed by atoms with Gasteiger partial charge < -0.3 is 5.32 Å². The van der Waals surface area contributed by atoms with Gasteiger partial charge in [0.25, 0.3) is 0 Å². The average molecular weight is 182 g/mol. The van der Waals surface area contributed by atoms with Crippen LogP contribution in [0.1, 0.15) is 18.1 Å².